The molecule has 2 rings (SSSR count). The molecule has 0 radical (unpaired) electrons. The van der Waals surface area contributed by atoms with E-state index in [2.05, 4.69) is 20.2 Å². The molecule has 0 aliphatic heterocycles. The number of sulfonamides is 1. The number of nitrogens with zero attached hydrogens (tertiary/aromatic N) is 2. The standard InChI is InChI=1S/C13H16N4O3S2/c1-3-4-12(18)14-10-5-7-11(8-6-10)22(19,20)17-13-16-15-9(2)21-13/h5-8H,3-4H2,1-2H3,(H,14,18)(H,16,17). The van der Waals surface area contributed by atoms with E-state index in [1.165, 1.54) is 12.1 Å². The van der Waals surface area contributed by atoms with E-state index in [0.717, 1.165) is 17.8 Å². The van der Waals surface area contributed by atoms with E-state index >= 15 is 0 Å². The number of hydrogen-bond donors (Lipinski definition) is 2. The molecule has 0 saturated carbocycles. The number of amides is 1. The molecule has 1 amide bonds. The van der Waals surface area contributed by atoms with Gasteiger partial charge in [-0.3, -0.25) is 9.52 Å². The summed E-state index contributed by atoms with van der Waals surface area (Å²) in [5, 5.41) is 11.1. The number of hydrogen-bond acceptors (Lipinski definition) is 6. The lowest BCUT2D eigenvalue weighted by atomic mass is 10.3. The van der Waals surface area contributed by atoms with Crippen LogP contribution in [0.3, 0.4) is 0 Å². The summed E-state index contributed by atoms with van der Waals surface area (Å²) in [6, 6.07) is 5.95. The molecule has 0 fully saturated rings. The number of aromatic nitrogens is 2. The monoisotopic (exact) mass is 340 g/mol. The largest absolute Gasteiger partial charge is 0.326 e. The maximum Gasteiger partial charge on any atom is 0.263 e. The van der Waals surface area contributed by atoms with Crippen LogP contribution >= 0.6 is 11.3 Å². The highest BCUT2D eigenvalue weighted by Crippen LogP contribution is 2.20. The summed E-state index contributed by atoms with van der Waals surface area (Å²) in [6.07, 6.45) is 1.18. The second kappa shape index (κ2) is 6.84. The molecule has 0 aliphatic carbocycles. The number of aryl methyl sites for hydroxylation is 1. The molecule has 22 heavy (non-hydrogen) atoms. The van der Waals surface area contributed by atoms with Gasteiger partial charge in [0.05, 0.1) is 4.90 Å². The Kier molecular flexibility index (Phi) is 5.09. The molecule has 0 saturated heterocycles. The zero-order chi connectivity index (χ0) is 16.2. The van der Waals surface area contributed by atoms with Gasteiger partial charge in [0.2, 0.25) is 11.0 Å². The van der Waals surface area contributed by atoms with E-state index in [1.807, 2.05) is 6.92 Å². The highest BCUT2D eigenvalue weighted by Gasteiger charge is 2.16. The Hall–Kier alpha value is -2.00. The van der Waals surface area contributed by atoms with Gasteiger partial charge in [0.1, 0.15) is 5.01 Å². The van der Waals surface area contributed by atoms with Crippen molar-refractivity contribution in [1.29, 1.82) is 0 Å². The maximum absolute atomic E-state index is 12.2. The molecule has 1 aromatic heterocycles. The van der Waals surface area contributed by atoms with Crippen molar-refractivity contribution in [2.45, 2.75) is 31.6 Å². The Bertz CT molecular complexity index is 754. The lowest BCUT2D eigenvalue weighted by Gasteiger charge is -2.07. The molecule has 0 bridgehead atoms. The van der Waals surface area contributed by atoms with Crippen LogP contribution in [-0.4, -0.2) is 24.5 Å². The van der Waals surface area contributed by atoms with Crippen LogP contribution in [0, 0.1) is 6.92 Å². The van der Waals surface area contributed by atoms with Gasteiger partial charge in [-0.2, -0.15) is 0 Å². The third-order valence-corrected chi connectivity index (χ3v) is 4.91. The van der Waals surface area contributed by atoms with E-state index < -0.39 is 10.0 Å². The van der Waals surface area contributed by atoms with Gasteiger partial charge in [0.25, 0.3) is 10.0 Å². The third-order valence-electron chi connectivity index (χ3n) is 2.67. The first-order valence-corrected chi connectivity index (χ1v) is 8.93. The van der Waals surface area contributed by atoms with Crippen LogP contribution in [0.15, 0.2) is 29.2 Å². The van der Waals surface area contributed by atoms with E-state index in [-0.39, 0.29) is 15.9 Å². The third kappa shape index (κ3) is 4.25. The van der Waals surface area contributed by atoms with Crippen LogP contribution in [0.2, 0.25) is 0 Å². The maximum atomic E-state index is 12.2. The Morgan fingerprint density at radius 1 is 1.23 bits per heavy atom. The van der Waals surface area contributed by atoms with Gasteiger partial charge in [-0.15, -0.1) is 10.2 Å². The molecule has 1 heterocycles. The molecule has 7 nitrogen and oxygen atoms in total. The topological polar surface area (TPSA) is 101 Å². The first-order valence-electron chi connectivity index (χ1n) is 6.63. The van der Waals surface area contributed by atoms with E-state index in [9.17, 15) is 13.2 Å². The Morgan fingerprint density at radius 3 is 2.45 bits per heavy atom. The smallest absolute Gasteiger partial charge is 0.263 e. The summed E-state index contributed by atoms with van der Waals surface area (Å²) < 4.78 is 26.7. The summed E-state index contributed by atoms with van der Waals surface area (Å²) >= 11 is 1.16. The van der Waals surface area contributed by atoms with Crippen molar-refractivity contribution in [1.82, 2.24) is 10.2 Å². The molecule has 2 aromatic rings. The van der Waals surface area contributed by atoms with Crippen molar-refractivity contribution in [3.63, 3.8) is 0 Å². The highest BCUT2D eigenvalue weighted by atomic mass is 32.2. The average Bonchev–Trinajstić information content (AvgIpc) is 2.84. The minimum absolute atomic E-state index is 0.0915. The van der Waals surface area contributed by atoms with E-state index in [4.69, 9.17) is 0 Å². The van der Waals surface area contributed by atoms with Gasteiger partial charge in [0.15, 0.2) is 0 Å². The molecule has 118 valence electrons. The van der Waals surface area contributed by atoms with Crippen molar-refractivity contribution >= 4 is 38.1 Å². The van der Waals surface area contributed by atoms with Crippen molar-refractivity contribution in [3.8, 4) is 0 Å². The minimum atomic E-state index is -3.71. The Labute approximate surface area is 132 Å². The van der Waals surface area contributed by atoms with E-state index in [1.54, 1.807) is 19.1 Å². The van der Waals surface area contributed by atoms with Crippen molar-refractivity contribution in [3.05, 3.63) is 29.3 Å². The van der Waals surface area contributed by atoms with Gasteiger partial charge >= 0.3 is 0 Å². The van der Waals surface area contributed by atoms with Crippen LogP contribution in [0.1, 0.15) is 24.8 Å². The van der Waals surface area contributed by atoms with Crippen molar-refractivity contribution in [2.24, 2.45) is 0 Å². The summed E-state index contributed by atoms with van der Waals surface area (Å²) in [7, 11) is -3.71. The number of rotatable bonds is 6. The number of anilines is 2. The van der Waals surface area contributed by atoms with Gasteiger partial charge in [-0.1, -0.05) is 18.3 Å². The average molecular weight is 340 g/mol. The predicted molar refractivity (Wildman–Crippen MR) is 85.4 cm³/mol. The second-order valence-corrected chi connectivity index (χ2v) is 7.42. The number of carbonyl (C=O) groups excluding carboxylic acids is 1. The number of nitrogens with one attached hydrogen (secondary N) is 2. The van der Waals surface area contributed by atoms with Crippen molar-refractivity contribution in [2.75, 3.05) is 10.0 Å². The molecule has 0 aliphatic rings. The zero-order valence-electron chi connectivity index (χ0n) is 12.2. The highest BCUT2D eigenvalue weighted by molar-refractivity contribution is 7.93. The fourth-order valence-electron chi connectivity index (χ4n) is 1.68. The number of carbonyl (C=O) groups is 1. The molecular weight excluding hydrogens is 324 g/mol. The molecule has 0 unspecified atom stereocenters. The van der Waals surface area contributed by atoms with Crippen LogP contribution < -0.4 is 10.0 Å². The quantitative estimate of drug-likeness (QED) is 0.841. The van der Waals surface area contributed by atoms with Crippen LogP contribution in [0.5, 0.6) is 0 Å². The lowest BCUT2D eigenvalue weighted by Crippen LogP contribution is -2.13. The van der Waals surface area contributed by atoms with Gasteiger partial charge in [-0.25, -0.2) is 8.42 Å². The molecule has 9 heteroatoms. The van der Waals surface area contributed by atoms with Crippen LogP contribution in [0.25, 0.3) is 0 Å². The second-order valence-electron chi connectivity index (χ2n) is 4.55. The minimum Gasteiger partial charge on any atom is -0.326 e. The predicted octanol–water partition coefficient (Wildman–Crippen LogP) is 2.39. The van der Waals surface area contributed by atoms with Gasteiger partial charge in [-0.05, 0) is 37.6 Å². The molecule has 0 atom stereocenters. The first-order chi connectivity index (χ1) is 10.4. The van der Waals surface area contributed by atoms with E-state index in [0.29, 0.717) is 17.1 Å². The lowest BCUT2D eigenvalue weighted by molar-refractivity contribution is -0.116. The van der Waals surface area contributed by atoms with Crippen LogP contribution in [0.4, 0.5) is 10.8 Å². The van der Waals surface area contributed by atoms with Crippen molar-refractivity contribution < 1.29 is 13.2 Å². The Morgan fingerprint density at radius 2 is 1.91 bits per heavy atom. The Balaban J connectivity index is 2.10. The van der Waals surface area contributed by atoms with Crippen LogP contribution in [-0.2, 0) is 14.8 Å². The van der Waals surface area contributed by atoms with Gasteiger partial charge in [0, 0.05) is 12.1 Å². The zero-order valence-corrected chi connectivity index (χ0v) is 13.8. The molecular formula is C13H16N4O3S2. The number of benzene rings is 1. The first kappa shape index (κ1) is 16.4. The normalized spacial score (nSPS) is 11.2. The fourth-order valence-corrected chi connectivity index (χ4v) is 3.50. The fraction of sp³-hybridized carbons (Fsp3) is 0.308. The molecule has 1 aromatic carbocycles. The summed E-state index contributed by atoms with van der Waals surface area (Å²) in [5.41, 5.74) is 0.559. The van der Waals surface area contributed by atoms with Gasteiger partial charge < -0.3 is 5.32 Å². The summed E-state index contributed by atoms with van der Waals surface area (Å²) in [4.78, 5) is 11.6. The molecule has 0 spiro atoms. The summed E-state index contributed by atoms with van der Waals surface area (Å²) in [6.45, 7) is 3.65. The SMILES string of the molecule is CCCC(=O)Nc1ccc(S(=O)(=O)Nc2nnc(C)s2)cc1. The molecule has 2 N–H and O–H groups in total. The summed E-state index contributed by atoms with van der Waals surface area (Å²) in [5.74, 6) is -0.0967.